The Balaban J connectivity index is 1.76. The molecular weight excluding hydrogens is 260 g/mol. The number of sulfonamides is 1. The van der Waals surface area contributed by atoms with Gasteiger partial charge in [0.25, 0.3) is 0 Å². The molecule has 0 heterocycles. The highest BCUT2D eigenvalue weighted by Gasteiger charge is 2.41. The van der Waals surface area contributed by atoms with Gasteiger partial charge in [-0.1, -0.05) is 24.3 Å². The molecule has 5 heteroatoms. The fourth-order valence-electron chi connectivity index (χ4n) is 2.98. The molecule has 1 saturated carbocycles. The van der Waals surface area contributed by atoms with Crippen LogP contribution in [-0.2, 0) is 10.0 Å². The van der Waals surface area contributed by atoms with Crippen LogP contribution in [0.3, 0.4) is 0 Å². The second-order valence-electron chi connectivity index (χ2n) is 5.41. The Labute approximate surface area is 114 Å². The molecular formula is C14H18N2O2S. The van der Waals surface area contributed by atoms with E-state index in [1.165, 1.54) is 12.7 Å². The first kappa shape index (κ1) is 12.5. The number of hydrogen-bond acceptors (Lipinski definition) is 3. The maximum atomic E-state index is 11.4. The third-order valence-corrected chi connectivity index (χ3v) is 4.52. The Bertz CT molecular complexity index is 610. The summed E-state index contributed by atoms with van der Waals surface area (Å²) in [6, 6.07) is 7.86. The van der Waals surface area contributed by atoms with Crippen LogP contribution in [-0.4, -0.2) is 20.7 Å². The van der Waals surface area contributed by atoms with E-state index in [-0.39, 0.29) is 0 Å². The molecule has 2 N–H and O–H groups in total. The van der Waals surface area contributed by atoms with E-state index in [0.717, 1.165) is 18.0 Å². The fourth-order valence-corrected chi connectivity index (χ4v) is 3.56. The molecule has 1 aromatic rings. The van der Waals surface area contributed by atoms with Crippen molar-refractivity contribution >= 4 is 21.4 Å². The summed E-state index contributed by atoms with van der Waals surface area (Å²) in [5.41, 5.74) is 1.48. The molecule has 0 radical (unpaired) electrons. The van der Waals surface area contributed by atoms with Crippen LogP contribution in [0, 0.1) is 11.8 Å². The molecule has 19 heavy (non-hydrogen) atoms. The van der Waals surface area contributed by atoms with Crippen molar-refractivity contribution in [1.82, 2.24) is 0 Å². The highest BCUT2D eigenvalue weighted by Crippen LogP contribution is 2.44. The minimum Gasteiger partial charge on any atom is -0.380 e. The fraction of sp³-hybridized carbons (Fsp3) is 0.429. The third-order valence-electron chi connectivity index (χ3n) is 3.93. The van der Waals surface area contributed by atoms with Gasteiger partial charge in [-0.25, -0.2) is 8.42 Å². The lowest BCUT2D eigenvalue weighted by atomic mass is 9.71. The SMILES string of the molecule is CS(=O)(=O)Nc1ccccc1NC1CC2CC=CC21. The van der Waals surface area contributed by atoms with Crippen molar-refractivity contribution in [2.24, 2.45) is 11.8 Å². The molecule has 0 spiro atoms. The third kappa shape index (κ3) is 2.61. The van der Waals surface area contributed by atoms with Crippen molar-refractivity contribution in [1.29, 1.82) is 0 Å². The summed E-state index contributed by atoms with van der Waals surface area (Å²) in [5.74, 6) is 1.39. The van der Waals surface area contributed by atoms with Crippen LogP contribution in [0.5, 0.6) is 0 Å². The molecule has 0 bridgehead atoms. The molecule has 4 nitrogen and oxygen atoms in total. The molecule has 3 unspecified atom stereocenters. The lowest BCUT2D eigenvalue weighted by Crippen LogP contribution is -2.43. The van der Waals surface area contributed by atoms with Gasteiger partial charge in [0.1, 0.15) is 0 Å². The van der Waals surface area contributed by atoms with Crippen molar-refractivity contribution in [2.75, 3.05) is 16.3 Å². The molecule has 2 aliphatic carbocycles. The zero-order chi connectivity index (χ0) is 13.5. The predicted molar refractivity (Wildman–Crippen MR) is 77.7 cm³/mol. The number of rotatable bonds is 4. The number of fused-ring (bicyclic) bond motifs is 1. The summed E-state index contributed by atoms with van der Waals surface area (Å²) in [6.07, 6.45) is 8.04. The van der Waals surface area contributed by atoms with Crippen LogP contribution in [0.2, 0.25) is 0 Å². The zero-order valence-corrected chi connectivity index (χ0v) is 11.7. The maximum Gasteiger partial charge on any atom is 0.229 e. The second-order valence-corrected chi connectivity index (χ2v) is 7.16. The molecule has 102 valence electrons. The molecule has 3 rings (SSSR count). The Morgan fingerprint density at radius 1 is 1.21 bits per heavy atom. The van der Waals surface area contributed by atoms with E-state index in [9.17, 15) is 8.42 Å². The Morgan fingerprint density at radius 3 is 2.63 bits per heavy atom. The number of hydrogen-bond donors (Lipinski definition) is 2. The number of benzene rings is 1. The summed E-state index contributed by atoms with van der Waals surface area (Å²) in [7, 11) is -3.25. The standard InChI is InChI=1S/C14H18N2O2S/c1-19(17,18)16-13-8-3-2-7-12(13)15-14-9-10-5-4-6-11(10)14/h2-4,6-8,10-11,14-16H,5,9H2,1H3. The van der Waals surface area contributed by atoms with Gasteiger partial charge >= 0.3 is 0 Å². The first-order valence-electron chi connectivity index (χ1n) is 6.53. The largest absolute Gasteiger partial charge is 0.380 e. The number of nitrogens with one attached hydrogen (secondary N) is 2. The van der Waals surface area contributed by atoms with Crippen LogP contribution in [0.25, 0.3) is 0 Å². The minimum absolute atomic E-state index is 0.422. The van der Waals surface area contributed by atoms with E-state index in [1.54, 1.807) is 6.07 Å². The van der Waals surface area contributed by atoms with E-state index in [4.69, 9.17) is 0 Å². The Kier molecular flexibility index (Phi) is 3.01. The van der Waals surface area contributed by atoms with Crippen LogP contribution >= 0.6 is 0 Å². The van der Waals surface area contributed by atoms with Gasteiger partial charge in [0.2, 0.25) is 10.0 Å². The van der Waals surface area contributed by atoms with Gasteiger partial charge in [0.15, 0.2) is 0 Å². The summed E-state index contributed by atoms with van der Waals surface area (Å²) in [6.45, 7) is 0. The molecule has 1 aromatic carbocycles. The van der Waals surface area contributed by atoms with Gasteiger partial charge in [-0.2, -0.15) is 0 Å². The molecule has 0 aromatic heterocycles. The van der Waals surface area contributed by atoms with E-state index in [0.29, 0.717) is 17.6 Å². The van der Waals surface area contributed by atoms with Crippen molar-refractivity contribution in [2.45, 2.75) is 18.9 Å². The summed E-state index contributed by atoms with van der Waals surface area (Å²) >= 11 is 0. The number of allylic oxidation sites excluding steroid dienone is 1. The van der Waals surface area contributed by atoms with E-state index in [2.05, 4.69) is 22.2 Å². The van der Waals surface area contributed by atoms with Crippen molar-refractivity contribution in [3.05, 3.63) is 36.4 Å². The van der Waals surface area contributed by atoms with Crippen molar-refractivity contribution in [3.63, 3.8) is 0 Å². The van der Waals surface area contributed by atoms with Crippen LogP contribution in [0.1, 0.15) is 12.8 Å². The highest BCUT2D eigenvalue weighted by molar-refractivity contribution is 7.92. The average Bonchev–Trinajstić information content (AvgIpc) is 2.67. The summed E-state index contributed by atoms with van der Waals surface area (Å²) in [4.78, 5) is 0. The average molecular weight is 278 g/mol. The van der Waals surface area contributed by atoms with Crippen LogP contribution in [0.4, 0.5) is 11.4 Å². The lowest BCUT2D eigenvalue weighted by molar-refractivity contribution is 0.218. The lowest BCUT2D eigenvalue weighted by Gasteiger charge is -2.41. The molecule has 0 aliphatic heterocycles. The first-order chi connectivity index (χ1) is 9.03. The number of anilines is 2. The summed E-state index contributed by atoms with van der Waals surface area (Å²) in [5, 5.41) is 3.46. The van der Waals surface area contributed by atoms with Crippen molar-refractivity contribution in [3.8, 4) is 0 Å². The van der Waals surface area contributed by atoms with Gasteiger partial charge in [-0.15, -0.1) is 0 Å². The minimum atomic E-state index is -3.25. The molecule has 3 atom stereocenters. The smallest absolute Gasteiger partial charge is 0.229 e. The molecule has 2 aliphatic rings. The predicted octanol–water partition coefficient (Wildman–Crippen LogP) is 2.43. The van der Waals surface area contributed by atoms with E-state index in [1.807, 2.05) is 18.2 Å². The number of para-hydroxylation sites is 2. The van der Waals surface area contributed by atoms with Crippen molar-refractivity contribution < 1.29 is 8.42 Å². The van der Waals surface area contributed by atoms with Crippen LogP contribution < -0.4 is 10.0 Å². The van der Waals surface area contributed by atoms with E-state index < -0.39 is 10.0 Å². The Hall–Kier alpha value is -1.49. The monoisotopic (exact) mass is 278 g/mol. The molecule has 0 saturated heterocycles. The van der Waals surface area contributed by atoms with Gasteiger partial charge in [-0.3, -0.25) is 4.72 Å². The van der Waals surface area contributed by atoms with E-state index >= 15 is 0 Å². The van der Waals surface area contributed by atoms with Crippen LogP contribution in [0.15, 0.2) is 36.4 Å². The maximum absolute atomic E-state index is 11.4. The topological polar surface area (TPSA) is 58.2 Å². The highest BCUT2D eigenvalue weighted by atomic mass is 32.2. The first-order valence-corrected chi connectivity index (χ1v) is 8.42. The van der Waals surface area contributed by atoms with Gasteiger partial charge in [0.05, 0.1) is 17.6 Å². The summed E-state index contributed by atoms with van der Waals surface area (Å²) < 4.78 is 25.3. The molecule has 1 fully saturated rings. The zero-order valence-electron chi connectivity index (χ0n) is 10.8. The normalized spacial score (nSPS) is 28.6. The Morgan fingerprint density at radius 2 is 1.95 bits per heavy atom. The molecule has 0 amide bonds. The van der Waals surface area contributed by atoms with Gasteiger partial charge in [-0.05, 0) is 30.9 Å². The second kappa shape index (κ2) is 4.56. The van der Waals surface area contributed by atoms with Gasteiger partial charge < -0.3 is 5.32 Å². The van der Waals surface area contributed by atoms with Gasteiger partial charge in [0, 0.05) is 12.0 Å². The quantitative estimate of drug-likeness (QED) is 0.832.